The number of aryl methyl sites for hydroxylation is 1. The van der Waals surface area contributed by atoms with Crippen LogP contribution in [0.4, 0.5) is 0 Å². The van der Waals surface area contributed by atoms with Gasteiger partial charge in [-0.05, 0) is 61.9 Å². The molecule has 0 heterocycles. The average molecular weight is 419 g/mol. The lowest BCUT2D eigenvalue weighted by Gasteiger charge is -2.14. The largest absolute Gasteiger partial charge is 0.508 e. The molecule has 0 saturated heterocycles. The summed E-state index contributed by atoms with van der Waals surface area (Å²) < 4.78 is 30.0. The lowest BCUT2D eigenvalue weighted by atomic mass is 10.1. The molecule has 4 N–H and O–H groups in total. The number of ether oxygens (including phenoxy) is 1. The monoisotopic (exact) mass is 418 g/mol. The van der Waals surface area contributed by atoms with Gasteiger partial charge in [-0.15, -0.1) is 0 Å². The van der Waals surface area contributed by atoms with E-state index in [1.165, 1.54) is 23.8 Å². The van der Waals surface area contributed by atoms with Crippen LogP contribution < -0.4 is 5.32 Å². The third-order valence-electron chi connectivity index (χ3n) is 4.92. The molecule has 0 aliphatic carbocycles. The molecule has 2 rings (SSSR count). The van der Waals surface area contributed by atoms with Gasteiger partial charge < -0.3 is 25.4 Å². The van der Waals surface area contributed by atoms with E-state index in [1.54, 1.807) is 0 Å². The van der Waals surface area contributed by atoms with Crippen LogP contribution in [0.15, 0.2) is 48.5 Å². The van der Waals surface area contributed by atoms with Crippen LogP contribution in [0.5, 0.6) is 5.75 Å². The fraction of sp³-hybridized carbons (Fsp3) is 0.520. The second kappa shape index (κ2) is 15.0. The van der Waals surface area contributed by atoms with Gasteiger partial charge in [0.25, 0.3) is 0 Å². The van der Waals surface area contributed by atoms with Crippen molar-refractivity contribution in [2.75, 3.05) is 26.3 Å². The SMILES string of the molecule is [2H]C([2H])(NCCCCCCOCCCCc1ccccc1)C([2H])(O)c1ccc(O)c(CO)c1. The minimum Gasteiger partial charge on any atom is -0.508 e. The Balaban J connectivity index is 1.55. The van der Waals surface area contributed by atoms with Crippen molar-refractivity contribution in [2.45, 2.75) is 57.6 Å². The van der Waals surface area contributed by atoms with E-state index in [4.69, 9.17) is 8.85 Å². The minimum absolute atomic E-state index is 0.0391. The molecule has 5 nitrogen and oxygen atoms in total. The number of aliphatic hydroxyl groups is 2. The van der Waals surface area contributed by atoms with Gasteiger partial charge in [-0.25, -0.2) is 0 Å². The number of hydrogen-bond acceptors (Lipinski definition) is 5. The molecule has 2 aromatic rings. The summed E-state index contributed by atoms with van der Waals surface area (Å²) in [6, 6.07) is 14.2. The zero-order valence-corrected chi connectivity index (χ0v) is 17.6. The highest BCUT2D eigenvalue weighted by Gasteiger charge is 2.09. The number of hydrogen-bond donors (Lipinski definition) is 4. The van der Waals surface area contributed by atoms with Crippen molar-refractivity contribution < 1.29 is 24.2 Å². The van der Waals surface area contributed by atoms with Gasteiger partial charge in [0.15, 0.2) is 0 Å². The van der Waals surface area contributed by atoms with E-state index in [0.29, 0.717) is 13.0 Å². The van der Waals surface area contributed by atoms with Crippen molar-refractivity contribution in [3.8, 4) is 5.75 Å². The van der Waals surface area contributed by atoms with Gasteiger partial charge in [-0.1, -0.05) is 49.2 Å². The van der Waals surface area contributed by atoms with E-state index in [0.717, 1.165) is 51.7 Å². The molecule has 0 amide bonds. The van der Waals surface area contributed by atoms with Gasteiger partial charge in [0, 0.05) is 28.0 Å². The topological polar surface area (TPSA) is 82.0 Å². The first-order chi connectivity index (χ1) is 15.8. The Morgan fingerprint density at radius 2 is 1.70 bits per heavy atom. The first-order valence-electron chi connectivity index (χ1n) is 12.3. The molecular formula is C25H37NO4. The standard InChI is InChI=1S/C25H37NO4/c27-20-23-18-22(13-14-24(23)28)25(29)19-26-15-7-1-2-8-16-30-17-9-6-12-21-10-4-3-5-11-21/h3-5,10-11,13-14,18,25-29H,1-2,6-9,12,15-17,19-20H2/i19D2,25D. The molecule has 0 bridgehead atoms. The molecule has 0 aromatic heterocycles. The molecule has 1 atom stereocenters. The van der Waals surface area contributed by atoms with Gasteiger partial charge in [0.1, 0.15) is 5.75 Å². The smallest absolute Gasteiger partial charge is 0.121 e. The molecule has 0 aliphatic heterocycles. The first-order valence-corrected chi connectivity index (χ1v) is 10.8. The minimum atomic E-state index is -2.57. The van der Waals surface area contributed by atoms with Crippen LogP contribution >= 0.6 is 0 Å². The van der Waals surface area contributed by atoms with Gasteiger partial charge in [-0.3, -0.25) is 0 Å². The van der Waals surface area contributed by atoms with Crippen molar-refractivity contribution in [1.82, 2.24) is 5.32 Å². The highest BCUT2D eigenvalue weighted by molar-refractivity contribution is 5.36. The fourth-order valence-electron chi connectivity index (χ4n) is 3.13. The maximum Gasteiger partial charge on any atom is 0.121 e. The first kappa shape index (κ1) is 20.0. The van der Waals surface area contributed by atoms with E-state index in [1.807, 2.05) is 6.07 Å². The third kappa shape index (κ3) is 9.72. The summed E-state index contributed by atoms with van der Waals surface area (Å²) in [4.78, 5) is 0. The highest BCUT2D eigenvalue weighted by Crippen LogP contribution is 2.22. The lowest BCUT2D eigenvalue weighted by molar-refractivity contribution is 0.126. The molecule has 2 aromatic carbocycles. The predicted octanol–water partition coefficient (Wildman–Crippen LogP) is 4.11. The second-order valence-corrected chi connectivity index (χ2v) is 7.37. The number of aromatic hydroxyl groups is 1. The Morgan fingerprint density at radius 1 is 0.967 bits per heavy atom. The van der Waals surface area contributed by atoms with Crippen LogP contribution in [0, 0.1) is 0 Å². The number of rotatable bonds is 16. The maximum absolute atomic E-state index is 10.5. The van der Waals surface area contributed by atoms with Gasteiger partial charge >= 0.3 is 0 Å². The molecule has 30 heavy (non-hydrogen) atoms. The summed E-state index contributed by atoms with van der Waals surface area (Å²) in [6.45, 7) is -1.06. The molecule has 0 saturated carbocycles. The van der Waals surface area contributed by atoms with Crippen LogP contribution in [0.3, 0.4) is 0 Å². The summed E-state index contributed by atoms with van der Waals surface area (Å²) in [7, 11) is 0. The average Bonchev–Trinajstić information content (AvgIpc) is 2.80. The van der Waals surface area contributed by atoms with Gasteiger partial charge in [0.05, 0.1) is 14.1 Å². The van der Waals surface area contributed by atoms with Crippen LogP contribution in [-0.2, 0) is 17.8 Å². The Morgan fingerprint density at radius 3 is 2.47 bits per heavy atom. The van der Waals surface area contributed by atoms with Crippen molar-refractivity contribution in [1.29, 1.82) is 0 Å². The Bertz CT molecular complexity index is 819. The molecule has 0 fully saturated rings. The molecule has 1 unspecified atom stereocenters. The zero-order valence-electron chi connectivity index (χ0n) is 20.6. The van der Waals surface area contributed by atoms with Gasteiger partial charge in [0.2, 0.25) is 0 Å². The number of aliphatic hydroxyl groups excluding tert-OH is 1. The van der Waals surface area contributed by atoms with Crippen LogP contribution in [0.1, 0.15) is 65.4 Å². The summed E-state index contributed by atoms with van der Waals surface area (Å²) >= 11 is 0. The molecule has 0 radical (unpaired) electrons. The quantitative estimate of drug-likeness (QED) is 0.309. The normalized spacial score (nSPS) is 15.2. The van der Waals surface area contributed by atoms with Crippen molar-refractivity contribution >= 4 is 0 Å². The second-order valence-electron chi connectivity index (χ2n) is 7.37. The molecule has 0 aliphatic rings. The fourth-order valence-corrected chi connectivity index (χ4v) is 3.13. The molecule has 166 valence electrons. The van der Waals surface area contributed by atoms with E-state index < -0.39 is 19.2 Å². The van der Waals surface area contributed by atoms with E-state index in [-0.39, 0.29) is 16.9 Å². The van der Waals surface area contributed by atoms with Gasteiger partial charge in [-0.2, -0.15) is 0 Å². The molecular weight excluding hydrogens is 378 g/mol. The van der Waals surface area contributed by atoms with Crippen molar-refractivity contribution in [3.63, 3.8) is 0 Å². The zero-order chi connectivity index (χ0) is 24.2. The number of benzene rings is 2. The van der Waals surface area contributed by atoms with Crippen LogP contribution in [-0.4, -0.2) is 41.6 Å². The number of phenols is 1. The highest BCUT2D eigenvalue weighted by atomic mass is 16.5. The summed E-state index contributed by atoms with van der Waals surface area (Å²) in [5.41, 5.74) is 1.45. The van der Waals surface area contributed by atoms with E-state index >= 15 is 0 Å². The molecule has 5 heteroatoms. The Hall–Kier alpha value is -1.92. The molecule has 0 spiro atoms. The summed E-state index contributed by atoms with van der Waals surface area (Å²) in [5.74, 6) is -0.165. The van der Waals surface area contributed by atoms with E-state index in [9.17, 15) is 15.3 Å². The van der Waals surface area contributed by atoms with Crippen molar-refractivity contribution in [2.24, 2.45) is 0 Å². The van der Waals surface area contributed by atoms with E-state index in [2.05, 4.69) is 29.6 Å². The number of unbranched alkanes of at least 4 members (excludes halogenated alkanes) is 4. The van der Waals surface area contributed by atoms with Crippen LogP contribution in [0.2, 0.25) is 0 Å². The Kier molecular flexibility index (Phi) is 9.98. The summed E-state index contributed by atoms with van der Waals surface area (Å²) in [6.07, 6.45) is 4.20. The summed E-state index contributed by atoms with van der Waals surface area (Å²) in [5, 5.41) is 32.0. The third-order valence-corrected chi connectivity index (χ3v) is 4.92. The predicted molar refractivity (Wildman–Crippen MR) is 121 cm³/mol. The maximum atomic E-state index is 10.5. The number of nitrogens with one attached hydrogen (secondary N) is 1. The Labute approximate surface area is 184 Å². The van der Waals surface area contributed by atoms with Crippen LogP contribution in [0.25, 0.3) is 0 Å². The lowest BCUT2D eigenvalue weighted by Crippen LogP contribution is -2.22. The van der Waals surface area contributed by atoms with Crippen molar-refractivity contribution in [3.05, 3.63) is 65.2 Å².